The van der Waals surface area contributed by atoms with Crippen molar-refractivity contribution in [1.82, 2.24) is 4.90 Å². The lowest BCUT2D eigenvalue weighted by atomic mass is 9.90. The zero-order valence-electron chi connectivity index (χ0n) is 12.6. The molecule has 1 aliphatic heterocycles. The first kappa shape index (κ1) is 16.3. The zero-order chi connectivity index (χ0) is 15.5. The third kappa shape index (κ3) is 3.24. The molecule has 21 heavy (non-hydrogen) atoms. The number of carbonyl (C=O) groups is 1. The second-order valence-electron chi connectivity index (χ2n) is 5.57. The molecule has 116 valence electrons. The Morgan fingerprint density at radius 1 is 1.52 bits per heavy atom. The van der Waals surface area contributed by atoms with Gasteiger partial charge in [0, 0.05) is 11.0 Å². The zero-order valence-corrected chi connectivity index (χ0v) is 14.1. The van der Waals surface area contributed by atoms with E-state index in [-0.39, 0.29) is 0 Å². The number of carboxylic acids is 1. The molecule has 0 aliphatic carbocycles. The van der Waals surface area contributed by atoms with Gasteiger partial charge in [0.15, 0.2) is 0 Å². The van der Waals surface area contributed by atoms with Gasteiger partial charge in [0.25, 0.3) is 0 Å². The Labute approximate surface area is 134 Å². The number of likely N-dealkylation sites (tertiary alicyclic amines) is 1. The van der Waals surface area contributed by atoms with Crippen LogP contribution in [-0.4, -0.2) is 35.2 Å². The Kier molecular flexibility index (Phi) is 5.27. The molecule has 2 rings (SSSR count). The minimum Gasteiger partial charge on any atom is -0.497 e. The Morgan fingerprint density at radius 3 is 2.90 bits per heavy atom. The summed E-state index contributed by atoms with van der Waals surface area (Å²) in [6.07, 6.45) is 3.25. The maximum absolute atomic E-state index is 11.8. The predicted molar refractivity (Wildman–Crippen MR) is 85.6 cm³/mol. The maximum atomic E-state index is 11.8. The lowest BCUT2D eigenvalue weighted by Gasteiger charge is -2.35. The van der Waals surface area contributed by atoms with Gasteiger partial charge in [0.1, 0.15) is 11.3 Å². The molecule has 5 heteroatoms. The van der Waals surface area contributed by atoms with Crippen molar-refractivity contribution in [3.05, 3.63) is 28.2 Å². The summed E-state index contributed by atoms with van der Waals surface area (Å²) in [6, 6.07) is 5.82. The monoisotopic (exact) mass is 355 g/mol. The number of aliphatic carboxylic acids is 1. The standard InChI is InChI=1S/C16H22BrNO3/c1-3-7-16(15(19)20)8-4-9-18(16)11-12-10-13(21-2)5-6-14(12)17/h5-6,10H,3-4,7-9,11H2,1-2H3,(H,19,20). The molecule has 4 nitrogen and oxygen atoms in total. The highest BCUT2D eigenvalue weighted by Gasteiger charge is 2.46. The SMILES string of the molecule is CCCC1(C(=O)O)CCCN1Cc1cc(OC)ccc1Br. The number of hydrogen-bond acceptors (Lipinski definition) is 3. The smallest absolute Gasteiger partial charge is 0.324 e. The van der Waals surface area contributed by atoms with E-state index in [9.17, 15) is 9.90 Å². The molecule has 0 spiro atoms. The first-order chi connectivity index (χ1) is 10.0. The summed E-state index contributed by atoms with van der Waals surface area (Å²) in [5, 5.41) is 9.74. The summed E-state index contributed by atoms with van der Waals surface area (Å²) in [5.74, 6) is 0.102. The molecule has 1 saturated heterocycles. The summed E-state index contributed by atoms with van der Waals surface area (Å²) < 4.78 is 6.26. The van der Waals surface area contributed by atoms with Crippen LogP contribution in [0.25, 0.3) is 0 Å². The Morgan fingerprint density at radius 2 is 2.29 bits per heavy atom. The molecule has 1 unspecified atom stereocenters. The number of ether oxygens (including phenoxy) is 1. The van der Waals surface area contributed by atoms with Crippen LogP contribution in [0.3, 0.4) is 0 Å². The molecular formula is C16H22BrNO3. The normalized spacial score (nSPS) is 22.4. The van der Waals surface area contributed by atoms with Gasteiger partial charge in [-0.15, -0.1) is 0 Å². The highest BCUT2D eigenvalue weighted by molar-refractivity contribution is 9.10. The van der Waals surface area contributed by atoms with E-state index >= 15 is 0 Å². The lowest BCUT2D eigenvalue weighted by Crippen LogP contribution is -2.50. The molecule has 1 N–H and O–H groups in total. The number of rotatable bonds is 6. The van der Waals surface area contributed by atoms with E-state index in [1.807, 2.05) is 25.1 Å². The van der Waals surface area contributed by atoms with Crippen molar-refractivity contribution in [3.63, 3.8) is 0 Å². The number of hydrogen-bond donors (Lipinski definition) is 1. The number of halogens is 1. The molecule has 0 aromatic heterocycles. The molecule has 1 aromatic carbocycles. The van der Waals surface area contributed by atoms with Crippen molar-refractivity contribution in [1.29, 1.82) is 0 Å². The molecule has 0 amide bonds. The van der Waals surface area contributed by atoms with Crippen molar-refractivity contribution < 1.29 is 14.6 Å². The molecule has 1 fully saturated rings. The second kappa shape index (κ2) is 6.79. The van der Waals surface area contributed by atoms with E-state index in [0.29, 0.717) is 13.0 Å². The molecule has 1 aromatic rings. The van der Waals surface area contributed by atoms with Crippen LogP contribution in [0.4, 0.5) is 0 Å². The first-order valence-corrected chi connectivity index (χ1v) is 8.13. The number of benzene rings is 1. The van der Waals surface area contributed by atoms with Gasteiger partial charge in [-0.05, 0) is 49.6 Å². The third-order valence-electron chi connectivity index (χ3n) is 4.30. The molecule has 1 aliphatic rings. The van der Waals surface area contributed by atoms with Crippen LogP contribution in [0.15, 0.2) is 22.7 Å². The van der Waals surface area contributed by atoms with E-state index in [0.717, 1.165) is 41.6 Å². The number of methoxy groups -OCH3 is 1. The Bertz CT molecular complexity index is 520. The van der Waals surface area contributed by atoms with Crippen LogP contribution in [0.1, 0.15) is 38.2 Å². The van der Waals surface area contributed by atoms with Gasteiger partial charge in [-0.1, -0.05) is 29.3 Å². The highest BCUT2D eigenvalue weighted by atomic mass is 79.9. The quantitative estimate of drug-likeness (QED) is 0.845. The fourth-order valence-electron chi connectivity index (χ4n) is 3.22. The first-order valence-electron chi connectivity index (χ1n) is 7.34. The van der Waals surface area contributed by atoms with Crippen LogP contribution in [0, 0.1) is 0 Å². The molecule has 1 heterocycles. The Hall–Kier alpha value is -1.07. The lowest BCUT2D eigenvalue weighted by molar-refractivity contribution is -0.150. The molecule has 0 bridgehead atoms. The van der Waals surface area contributed by atoms with Crippen LogP contribution >= 0.6 is 15.9 Å². The minimum atomic E-state index is -0.711. The van der Waals surface area contributed by atoms with Gasteiger partial charge >= 0.3 is 5.97 Å². The third-order valence-corrected chi connectivity index (χ3v) is 5.07. The molecular weight excluding hydrogens is 334 g/mol. The van der Waals surface area contributed by atoms with Crippen molar-refractivity contribution in [2.45, 2.75) is 44.7 Å². The minimum absolute atomic E-state index is 0.629. The molecule has 1 atom stereocenters. The summed E-state index contributed by atoms with van der Waals surface area (Å²) in [7, 11) is 1.64. The van der Waals surface area contributed by atoms with Gasteiger partial charge in [0.2, 0.25) is 0 Å². The molecule has 0 saturated carbocycles. The average Bonchev–Trinajstić information content (AvgIpc) is 2.86. The fourth-order valence-corrected chi connectivity index (χ4v) is 3.59. The van der Waals surface area contributed by atoms with Gasteiger partial charge in [-0.3, -0.25) is 9.69 Å². The number of carboxylic acid groups (broad SMARTS) is 1. The summed E-state index contributed by atoms with van der Waals surface area (Å²) in [4.78, 5) is 14.0. The Balaban J connectivity index is 2.27. The van der Waals surface area contributed by atoms with E-state index in [4.69, 9.17) is 4.74 Å². The average molecular weight is 356 g/mol. The van der Waals surface area contributed by atoms with Gasteiger partial charge in [0.05, 0.1) is 7.11 Å². The van der Waals surface area contributed by atoms with Crippen molar-refractivity contribution >= 4 is 21.9 Å². The number of nitrogens with zero attached hydrogens (tertiary/aromatic N) is 1. The van der Waals surface area contributed by atoms with Gasteiger partial charge < -0.3 is 9.84 Å². The van der Waals surface area contributed by atoms with Gasteiger partial charge in [-0.25, -0.2) is 0 Å². The summed E-state index contributed by atoms with van der Waals surface area (Å²) in [5.41, 5.74) is 0.357. The van der Waals surface area contributed by atoms with Gasteiger partial charge in [-0.2, -0.15) is 0 Å². The highest BCUT2D eigenvalue weighted by Crippen LogP contribution is 2.36. The van der Waals surface area contributed by atoms with E-state index in [2.05, 4.69) is 20.8 Å². The summed E-state index contributed by atoms with van der Waals surface area (Å²) >= 11 is 3.55. The largest absolute Gasteiger partial charge is 0.497 e. The topological polar surface area (TPSA) is 49.8 Å². The second-order valence-corrected chi connectivity index (χ2v) is 6.42. The van der Waals surface area contributed by atoms with Crippen LogP contribution < -0.4 is 4.74 Å². The fraction of sp³-hybridized carbons (Fsp3) is 0.562. The van der Waals surface area contributed by atoms with Crippen LogP contribution in [-0.2, 0) is 11.3 Å². The van der Waals surface area contributed by atoms with E-state index in [1.165, 1.54) is 0 Å². The van der Waals surface area contributed by atoms with E-state index < -0.39 is 11.5 Å². The van der Waals surface area contributed by atoms with Crippen LogP contribution in [0.5, 0.6) is 5.75 Å². The van der Waals surface area contributed by atoms with Crippen molar-refractivity contribution in [2.75, 3.05) is 13.7 Å². The van der Waals surface area contributed by atoms with Crippen molar-refractivity contribution in [3.8, 4) is 5.75 Å². The van der Waals surface area contributed by atoms with Crippen molar-refractivity contribution in [2.24, 2.45) is 0 Å². The maximum Gasteiger partial charge on any atom is 0.324 e. The van der Waals surface area contributed by atoms with Crippen LogP contribution in [0.2, 0.25) is 0 Å². The van der Waals surface area contributed by atoms with E-state index in [1.54, 1.807) is 7.11 Å². The molecule has 0 radical (unpaired) electrons. The summed E-state index contributed by atoms with van der Waals surface area (Å²) in [6.45, 7) is 3.50. The predicted octanol–water partition coefficient (Wildman–Crippen LogP) is 3.68.